The third kappa shape index (κ3) is 5.47. The van der Waals surface area contributed by atoms with Gasteiger partial charge < -0.3 is 25.2 Å². The molecule has 5 unspecified atom stereocenters. The summed E-state index contributed by atoms with van der Waals surface area (Å²) in [5.74, 6) is -2.56. The number of amides is 2. The fraction of sp³-hybridized carbons (Fsp3) is 0.679. The molecule has 3 N–H and O–H groups in total. The Morgan fingerprint density at radius 3 is 2.46 bits per heavy atom. The molecule has 3 aliphatic rings. The molecule has 0 spiro atoms. The molecule has 1 aromatic carbocycles. The molecule has 216 valence electrons. The maximum atomic E-state index is 13.7. The lowest BCUT2D eigenvalue weighted by atomic mass is 9.70. The highest BCUT2D eigenvalue weighted by atomic mass is 32.2. The molecule has 2 bridgehead atoms. The van der Waals surface area contributed by atoms with Crippen LogP contribution in [0.1, 0.15) is 76.6 Å². The Morgan fingerprint density at radius 1 is 1.15 bits per heavy atom. The number of sulfone groups is 1. The van der Waals surface area contributed by atoms with Gasteiger partial charge in [-0.1, -0.05) is 27.7 Å². The molecule has 3 fully saturated rings. The standard InChI is InChI=1S/C28H40N2O8S/c1-5-39(36,37)14-11-19(29-24(33)17-8-9-21(31)22(32)15-17)25(34)30-13-6-7-20(30)26(35)38-23-16-18-10-12-28(23,4)27(18,2)3/h8-9,15,18-20,23,31-32H,5-7,10-14,16H2,1-4H3,(H,29,33). The molecule has 1 aromatic rings. The number of rotatable bonds is 9. The summed E-state index contributed by atoms with van der Waals surface area (Å²) in [7, 11) is -3.44. The zero-order valence-electron chi connectivity index (χ0n) is 23.1. The molecule has 2 saturated carbocycles. The van der Waals surface area contributed by atoms with Crippen molar-refractivity contribution in [1.82, 2.24) is 10.2 Å². The Bertz CT molecular complexity index is 1250. The number of carbonyl (C=O) groups excluding carboxylic acids is 3. The third-order valence-electron chi connectivity index (χ3n) is 9.78. The van der Waals surface area contributed by atoms with Gasteiger partial charge in [-0.2, -0.15) is 0 Å². The summed E-state index contributed by atoms with van der Waals surface area (Å²) < 4.78 is 30.5. The molecule has 5 atom stereocenters. The lowest BCUT2D eigenvalue weighted by Crippen LogP contribution is -2.53. The van der Waals surface area contributed by atoms with Crippen LogP contribution in [0.25, 0.3) is 0 Å². The van der Waals surface area contributed by atoms with Crippen LogP contribution in [0.3, 0.4) is 0 Å². The van der Waals surface area contributed by atoms with Crippen LogP contribution in [0.2, 0.25) is 0 Å². The number of carbonyl (C=O) groups is 3. The number of hydrogen-bond donors (Lipinski definition) is 3. The van der Waals surface area contributed by atoms with Gasteiger partial charge in [0.2, 0.25) is 5.91 Å². The Balaban J connectivity index is 1.50. The van der Waals surface area contributed by atoms with Crippen molar-refractivity contribution in [3.8, 4) is 11.5 Å². The maximum absolute atomic E-state index is 13.7. The van der Waals surface area contributed by atoms with E-state index in [1.165, 1.54) is 17.9 Å². The van der Waals surface area contributed by atoms with Gasteiger partial charge in [0.1, 0.15) is 28.0 Å². The van der Waals surface area contributed by atoms with Crippen LogP contribution in [0.15, 0.2) is 18.2 Å². The van der Waals surface area contributed by atoms with E-state index in [9.17, 15) is 33.0 Å². The van der Waals surface area contributed by atoms with Crippen molar-refractivity contribution in [2.45, 2.75) is 84.4 Å². The Kier molecular flexibility index (Phi) is 7.95. The number of esters is 1. The number of phenolic OH excluding ortho intramolecular Hbond substituents is 2. The highest BCUT2D eigenvalue weighted by molar-refractivity contribution is 7.91. The number of fused-ring (bicyclic) bond motifs is 2. The summed E-state index contributed by atoms with van der Waals surface area (Å²) in [6.07, 6.45) is 3.54. The highest BCUT2D eigenvalue weighted by Crippen LogP contribution is 2.66. The molecule has 1 saturated heterocycles. The summed E-state index contributed by atoms with van der Waals surface area (Å²) in [6.45, 7) is 8.44. The maximum Gasteiger partial charge on any atom is 0.329 e. The van der Waals surface area contributed by atoms with E-state index in [2.05, 4.69) is 26.1 Å². The molecule has 1 aliphatic heterocycles. The summed E-state index contributed by atoms with van der Waals surface area (Å²) in [6, 6.07) is 1.47. The largest absolute Gasteiger partial charge is 0.504 e. The summed E-state index contributed by atoms with van der Waals surface area (Å²) >= 11 is 0. The normalized spacial score (nSPS) is 28.3. The van der Waals surface area contributed by atoms with E-state index < -0.39 is 51.2 Å². The van der Waals surface area contributed by atoms with Gasteiger partial charge in [-0.3, -0.25) is 9.59 Å². The predicted molar refractivity (Wildman–Crippen MR) is 144 cm³/mol. The molecule has 11 heteroatoms. The van der Waals surface area contributed by atoms with Crippen molar-refractivity contribution in [3.05, 3.63) is 23.8 Å². The number of aromatic hydroxyl groups is 2. The number of phenols is 2. The van der Waals surface area contributed by atoms with Crippen molar-refractivity contribution >= 4 is 27.6 Å². The van der Waals surface area contributed by atoms with Crippen molar-refractivity contribution in [3.63, 3.8) is 0 Å². The van der Waals surface area contributed by atoms with Gasteiger partial charge in [-0.05, 0) is 68.1 Å². The van der Waals surface area contributed by atoms with Crippen LogP contribution >= 0.6 is 0 Å². The Morgan fingerprint density at radius 2 is 1.87 bits per heavy atom. The van der Waals surface area contributed by atoms with Gasteiger partial charge in [-0.25, -0.2) is 13.2 Å². The van der Waals surface area contributed by atoms with Crippen LogP contribution in [-0.2, 0) is 24.2 Å². The van der Waals surface area contributed by atoms with Gasteiger partial charge in [0.05, 0.1) is 5.75 Å². The van der Waals surface area contributed by atoms with E-state index in [0.717, 1.165) is 31.4 Å². The molecule has 10 nitrogen and oxygen atoms in total. The van der Waals surface area contributed by atoms with E-state index in [4.69, 9.17) is 4.74 Å². The Labute approximate surface area is 230 Å². The van der Waals surface area contributed by atoms with Crippen LogP contribution < -0.4 is 5.32 Å². The van der Waals surface area contributed by atoms with E-state index in [0.29, 0.717) is 25.3 Å². The smallest absolute Gasteiger partial charge is 0.329 e. The molecular formula is C28H40N2O8S. The predicted octanol–water partition coefficient (Wildman–Crippen LogP) is 2.77. The van der Waals surface area contributed by atoms with Crippen LogP contribution in [0.4, 0.5) is 0 Å². The second kappa shape index (κ2) is 10.6. The van der Waals surface area contributed by atoms with Crippen LogP contribution in [-0.4, -0.2) is 77.6 Å². The van der Waals surface area contributed by atoms with Crippen LogP contribution in [0, 0.1) is 16.7 Å². The second-order valence-corrected chi connectivity index (χ2v) is 14.5. The zero-order valence-corrected chi connectivity index (χ0v) is 23.9. The summed E-state index contributed by atoms with van der Waals surface area (Å²) in [4.78, 5) is 41.4. The molecule has 2 aliphatic carbocycles. The quantitative estimate of drug-likeness (QED) is 0.306. The first-order valence-corrected chi connectivity index (χ1v) is 15.6. The average Bonchev–Trinajstić information content (AvgIpc) is 3.51. The van der Waals surface area contributed by atoms with Gasteiger partial charge in [0.25, 0.3) is 5.91 Å². The SMILES string of the molecule is CCS(=O)(=O)CCC(NC(=O)c1ccc(O)c(O)c1)C(=O)N1CCCC1C(=O)OC1CC2CCC1(C)C2(C)C. The minimum Gasteiger partial charge on any atom is -0.504 e. The monoisotopic (exact) mass is 564 g/mol. The first-order valence-electron chi connectivity index (χ1n) is 13.7. The molecule has 0 aromatic heterocycles. The number of likely N-dealkylation sites (tertiary alicyclic amines) is 1. The van der Waals surface area contributed by atoms with Gasteiger partial charge in [-0.15, -0.1) is 0 Å². The fourth-order valence-corrected chi connectivity index (χ4v) is 7.49. The second-order valence-electron chi connectivity index (χ2n) is 12.0. The molecule has 0 radical (unpaired) electrons. The van der Waals surface area contributed by atoms with E-state index in [1.54, 1.807) is 0 Å². The van der Waals surface area contributed by atoms with Crippen molar-refractivity contribution < 1.29 is 37.8 Å². The third-order valence-corrected chi connectivity index (χ3v) is 11.5. The first kappa shape index (κ1) is 29.2. The van der Waals surface area contributed by atoms with Gasteiger partial charge in [0.15, 0.2) is 11.5 Å². The lowest BCUT2D eigenvalue weighted by molar-refractivity contribution is -0.165. The average molecular weight is 565 g/mol. The van der Waals surface area contributed by atoms with Gasteiger partial charge in [0, 0.05) is 23.3 Å². The Hall–Kier alpha value is -2.82. The van der Waals surface area contributed by atoms with Crippen molar-refractivity contribution in [1.29, 1.82) is 0 Å². The molecular weight excluding hydrogens is 524 g/mol. The van der Waals surface area contributed by atoms with E-state index in [-0.39, 0.29) is 40.4 Å². The zero-order chi connectivity index (χ0) is 28.8. The minimum absolute atomic E-state index is 0.00836. The van der Waals surface area contributed by atoms with Crippen LogP contribution in [0.5, 0.6) is 11.5 Å². The highest BCUT2D eigenvalue weighted by Gasteiger charge is 2.63. The number of ether oxygens (including phenoxy) is 1. The molecule has 39 heavy (non-hydrogen) atoms. The topological polar surface area (TPSA) is 150 Å². The lowest BCUT2D eigenvalue weighted by Gasteiger charge is -2.39. The fourth-order valence-electron chi connectivity index (χ4n) is 6.61. The number of hydrogen-bond acceptors (Lipinski definition) is 8. The number of benzene rings is 1. The summed E-state index contributed by atoms with van der Waals surface area (Å²) in [5, 5.41) is 21.9. The molecule has 2 amide bonds. The number of nitrogens with zero attached hydrogens (tertiary/aromatic N) is 1. The molecule has 1 heterocycles. The van der Waals surface area contributed by atoms with E-state index >= 15 is 0 Å². The van der Waals surface area contributed by atoms with Crippen molar-refractivity contribution in [2.75, 3.05) is 18.1 Å². The first-order chi connectivity index (χ1) is 18.2. The number of nitrogens with one attached hydrogen (secondary N) is 1. The van der Waals surface area contributed by atoms with Crippen molar-refractivity contribution in [2.24, 2.45) is 16.7 Å². The van der Waals surface area contributed by atoms with Gasteiger partial charge >= 0.3 is 5.97 Å². The minimum atomic E-state index is -3.44. The van der Waals surface area contributed by atoms with E-state index in [1.807, 2.05) is 0 Å². The summed E-state index contributed by atoms with van der Waals surface area (Å²) in [5.41, 5.74) is -0.0705. The molecule has 4 rings (SSSR count).